The molecule has 0 radical (unpaired) electrons. The molecule has 2 heterocycles. The summed E-state index contributed by atoms with van der Waals surface area (Å²) in [6, 6.07) is 14.0. The average Bonchev–Trinajstić information content (AvgIpc) is 2.62. The number of nitrogens with zero attached hydrogens (tertiary/aromatic N) is 2. The minimum Gasteiger partial charge on any atom is -0.383 e. The normalized spacial score (nSPS) is 18.0. The van der Waals surface area contributed by atoms with E-state index in [1.165, 1.54) is 5.56 Å². The van der Waals surface area contributed by atoms with E-state index in [-0.39, 0.29) is 12.0 Å². The van der Waals surface area contributed by atoms with Gasteiger partial charge in [-0.05, 0) is 11.6 Å². The fourth-order valence-electron chi connectivity index (χ4n) is 2.96. The van der Waals surface area contributed by atoms with Crippen LogP contribution in [0.4, 0.5) is 5.82 Å². The van der Waals surface area contributed by atoms with E-state index in [9.17, 15) is 4.79 Å². The van der Waals surface area contributed by atoms with Gasteiger partial charge in [-0.3, -0.25) is 9.69 Å². The summed E-state index contributed by atoms with van der Waals surface area (Å²) in [5, 5.41) is 2.89. The second-order valence-electron chi connectivity index (χ2n) is 6.24. The SMILES string of the molecule is Nc1ncccc1CNC(=O)C[C@H]1CN(Cc2ccccc2)CCO1. The monoisotopic (exact) mass is 340 g/mol. The lowest BCUT2D eigenvalue weighted by atomic mass is 10.1. The molecule has 1 atom stereocenters. The van der Waals surface area contributed by atoms with Gasteiger partial charge >= 0.3 is 0 Å². The highest BCUT2D eigenvalue weighted by Crippen LogP contribution is 2.13. The Morgan fingerprint density at radius 1 is 1.28 bits per heavy atom. The summed E-state index contributed by atoms with van der Waals surface area (Å²) in [6.07, 6.45) is 1.91. The van der Waals surface area contributed by atoms with Gasteiger partial charge in [0.25, 0.3) is 0 Å². The number of aromatic nitrogens is 1. The predicted octanol–water partition coefficient (Wildman–Crippen LogP) is 1.57. The van der Waals surface area contributed by atoms with E-state index < -0.39 is 0 Å². The minimum atomic E-state index is -0.0799. The molecule has 2 aromatic rings. The first kappa shape index (κ1) is 17.4. The second kappa shape index (κ2) is 8.60. The van der Waals surface area contributed by atoms with Gasteiger partial charge in [-0.15, -0.1) is 0 Å². The van der Waals surface area contributed by atoms with Crippen molar-refractivity contribution in [1.29, 1.82) is 0 Å². The number of hydrogen-bond donors (Lipinski definition) is 2. The standard InChI is InChI=1S/C19H24N4O2/c20-19-16(7-4-8-21-19)12-22-18(24)11-17-14-23(9-10-25-17)13-15-5-2-1-3-6-15/h1-8,17H,9-14H2,(H2,20,21)(H,22,24)/t17-/m0/s1. The molecule has 25 heavy (non-hydrogen) atoms. The summed E-state index contributed by atoms with van der Waals surface area (Å²) < 4.78 is 5.75. The zero-order chi connectivity index (χ0) is 17.5. The fraction of sp³-hybridized carbons (Fsp3) is 0.368. The smallest absolute Gasteiger partial charge is 0.222 e. The molecule has 1 aromatic heterocycles. The zero-order valence-corrected chi connectivity index (χ0v) is 14.2. The molecule has 1 amide bonds. The number of morpholine rings is 1. The Morgan fingerprint density at radius 2 is 2.12 bits per heavy atom. The van der Waals surface area contributed by atoms with Crippen LogP contribution in [0.3, 0.4) is 0 Å². The van der Waals surface area contributed by atoms with E-state index in [0.29, 0.717) is 25.4 Å². The molecule has 1 aliphatic heterocycles. The Morgan fingerprint density at radius 3 is 2.92 bits per heavy atom. The minimum absolute atomic E-state index is 0.0326. The number of hydrogen-bond acceptors (Lipinski definition) is 5. The van der Waals surface area contributed by atoms with Crippen molar-refractivity contribution >= 4 is 11.7 Å². The Kier molecular flexibility index (Phi) is 5.98. The number of nitrogen functional groups attached to an aromatic ring is 1. The summed E-state index contributed by atoms with van der Waals surface area (Å²) in [5.74, 6) is 0.417. The third-order valence-corrected chi connectivity index (χ3v) is 4.29. The molecule has 0 unspecified atom stereocenters. The summed E-state index contributed by atoms with van der Waals surface area (Å²) in [5.41, 5.74) is 7.89. The van der Waals surface area contributed by atoms with Crippen molar-refractivity contribution in [3.05, 3.63) is 59.8 Å². The van der Waals surface area contributed by atoms with Gasteiger partial charge in [0, 0.05) is 37.9 Å². The van der Waals surface area contributed by atoms with Crippen LogP contribution in [0.25, 0.3) is 0 Å². The Bertz CT molecular complexity index is 693. The van der Waals surface area contributed by atoms with Crippen molar-refractivity contribution in [2.45, 2.75) is 25.6 Å². The van der Waals surface area contributed by atoms with E-state index >= 15 is 0 Å². The number of anilines is 1. The van der Waals surface area contributed by atoms with E-state index in [0.717, 1.165) is 25.2 Å². The summed E-state index contributed by atoms with van der Waals surface area (Å²) >= 11 is 0. The number of rotatable bonds is 6. The van der Waals surface area contributed by atoms with Gasteiger partial charge in [0.1, 0.15) is 5.82 Å². The first-order valence-electron chi connectivity index (χ1n) is 8.54. The van der Waals surface area contributed by atoms with Gasteiger partial charge < -0.3 is 15.8 Å². The molecule has 1 aliphatic rings. The molecule has 6 heteroatoms. The topological polar surface area (TPSA) is 80.5 Å². The molecule has 3 N–H and O–H groups in total. The van der Waals surface area contributed by atoms with Crippen LogP contribution in [-0.2, 0) is 22.6 Å². The maximum atomic E-state index is 12.2. The first-order valence-corrected chi connectivity index (χ1v) is 8.54. The van der Waals surface area contributed by atoms with Crippen molar-refractivity contribution in [2.24, 2.45) is 0 Å². The lowest BCUT2D eigenvalue weighted by molar-refractivity contribution is -0.126. The zero-order valence-electron chi connectivity index (χ0n) is 14.2. The van der Waals surface area contributed by atoms with Crippen molar-refractivity contribution in [3.8, 4) is 0 Å². The second-order valence-corrected chi connectivity index (χ2v) is 6.24. The van der Waals surface area contributed by atoms with Crippen LogP contribution < -0.4 is 11.1 Å². The van der Waals surface area contributed by atoms with Crippen molar-refractivity contribution in [2.75, 3.05) is 25.4 Å². The molecule has 1 fully saturated rings. The maximum absolute atomic E-state index is 12.2. The van der Waals surface area contributed by atoms with E-state index in [4.69, 9.17) is 10.5 Å². The molecule has 0 bridgehead atoms. The summed E-state index contributed by atoms with van der Waals surface area (Å²) in [4.78, 5) is 18.5. The lowest BCUT2D eigenvalue weighted by Crippen LogP contribution is -2.44. The molecule has 1 saturated heterocycles. The molecule has 3 rings (SSSR count). The lowest BCUT2D eigenvalue weighted by Gasteiger charge is -2.32. The molecule has 0 saturated carbocycles. The summed E-state index contributed by atoms with van der Waals surface area (Å²) in [7, 11) is 0. The van der Waals surface area contributed by atoms with Crippen LogP contribution in [0.2, 0.25) is 0 Å². The van der Waals surface area contributed by atoms with Crippen molar-refractivity contribution in [3.63, 3.8) is 0 Å². The molecular formula is C19H24N4O2. The van der Waals surface area contributed by atoms with Gasteiger partial charge in [0.15, 0.2) is 0 Å². The van der Waals surface area contributed by atoms with Crippen molar-refractivity contribution < 1.29 is 9.53 Å². The number of carbonyl (C=O) groups is 1. The highest BCUT2D eigenvalue weighted by molar-refractivity contribution is 5.76. The highest BCUT2D eigenvalue weighted by atomic mass is 16.5. The van der Waals surface area contributed by atoms with Crippen LogP contribution in [0, 0.1) is 0 Å². The van der Waals surface area contributed by atoms with Gasteiger partial charge in [0.05, 0.1) is 19.1 Å². The Hall–Kier alpha value is -2.44. The molecule has 6 nitrogen and oxygen atoms in total. The number of carbonyl (C=O) groups excluding carboxylic acids is 1. The Labute approximate surface area is 148 Å². The average molecular weight is 340 g/mol. The largest absolute Gasteiger partial charge is 0.383 e. The Balaban J connectivity index is 1.45. The van der Waals surface area contributed by atoms with Crippen LogP contribution in [0.1, 0.15) is 17.5 Å². The van der Waals surface area contributed by atoms with Gasteiger partial charge in [-0.1, -0.05) is 36.4 Å². The van der Waals surface area contributed by atoms with Gasteiger partial charge in [-0.2, -0.15) is 0 Å². The number of nitrogens with two attached hydrogens (primary N) is 1. The van der Waals surface area contributed by atoms with Gasteiger partial charge in [-0.25, -0.2) is 4.98 Å². The number of ether oxygens (including phenoxy) is 1. The third-order valence-electron chi connectivity index (χ3n) is 4.29. The molecule has 0 aliphatic carbocycles. The van der Waals surface area contributed by atoms with Crippen LogP contribution in [0.15, 0.2) is 48.7 Å². The first-order chi connectivity index (χ1) is 12.2. The molecule has 132 valence electrons. The van der Waals surface area contributed by atoms with Crippen molar-refractivity contribution in [1.82, 2.24) is 15.2 Å². The van der Waals surface area contributed by atoms with E-state index in [1.54, 1.807) is 6.20 Å². The quantitative estimate of drug-likeness (QED) is 0.834. The summed E-state index contributed by atoms with van der Waals surface area (Å²) in [6.45, 7) is 3.57. The number of pyridine rings is 1. The fourth-order valence-corrected chi connectivity index (χ4v) is 2.96. The molecular weight excluding hydrogens is 316 g/mol. The van der Waals surface area contributed by atoms with Crippen LogP contribution in [-0.4, -0.2) is 41.6 Å². The van der Waals surface area contributed by atoms with Crippen LogP contribution >= 0.6 is 0 Å². The third kappa shape index (κ3) is 5.27. The molecule has 0 spiro atoms. The maximum Gasteiger partial charge on any atom is 0.222 e. The van der Waals surface area contributed by atoms with Crippen LogP contribution in [0.5, 0.6) is 0 Å². The highest BCUT2D eigenvalue weighted by Gasteiger charge is 2.22. The number of amides is 1. The van der Waals surface area contributed by atoms with E-state index in [2.05, 4.69) is 27.3 Å². The number of nitrogens with one attached hydrogen (secondary N) is 1. The molecule has 1 aromatic carbocycles. The van der Waals surface area contributed by atoms with E-state index in [1.807, 2.05) is 30.3 Å². The number of benzene rings is 1. The predicted molar refractivity (Wildman–Crippen MR) is 96.6 cm³/mol. The van der Waals surface area contributed by atoms with Gasteiger partial charge in [0.2, 0.25) is 5.91 Å².